The number of methoxy groups -OCH3 is 1. The van der Waals surface area contributed by atoms with Crippen LogP contribution in [-0.4, -0.2) is 63.4 Å². The first kappa shape index (κ1) is 23.8. The van der Waals surface area contributed by atoms with Gasteiger partial charge in [-0.15, -0.1) is 5.10 Å². The number of likely N-dealkylation sites (tertiary alicyclic amines) is 2. The van der Waals surface area contributed by atoms with Crippen molar-refractivity contribution < 1.29 is 19.1 Å². The summed E-state index contributed by atoms with van der Waals surface area (Å²) in [7, 11) is 1.62. The zero-order valence-electron chi connectivity index (χ0n) is 20.5. The van der Waals surface area contributed by atoms with Gasteiger partial charge in [-0.1, -0.05) is 41.6 Å². The molecule has 0 aliphatic carbocycles. The van der Waals surface area contributed by atoms with Gasteiger partial charge in [0.25, 0.3) is 0 Å². The molecule has 0 radical (unpaired) electrons. The van der Waals surface area contributed by atoms with E-state index < -0.39 is 0 Å². The van der Waals surface area contributed by atoms with E-state index in [2.05, 4.69) is 10.3 Å². The van der Waals surface area contributed by atoms with Crippen molar-refractivity contribution in [3.8, 4) is 11.5 Å². The largest absolute Gasteiger partial charge is 0.493 e. The number of aryl methyl sites for hydroxylation is 1. The average Bonchev–Trinajstić information content (AvgIpc) is 3.50. The van der Waals surface area contributed by atoms with Gasteiger partial charge in [-0.05, 0) is 36.1 Å². The molecule has 2 amide bonds. The molecule has 2 fully saturated rings. The molecule has 1 aromatic heterocycles. The minimum Gasteiger partial charge on any atom is -0.493 e. The molecule has 2 aliphatic rings. The zero-order chi connectivity index (χ0) is 24.9. The van der Waals surface area contributed by atoms with Gasteiger partial charge in [-0.2, -0.15) is 0 Å². The molecule has 36 heavy (non-hydrogen) atoms. The molecule has 2 saturated heterocycles. The van der Waals surface area contributed by atoms with Gasteiger partial charge in [0.2, 0.25) is 11.8 Å². The molecule has 3 heterocycles. The van der Waals surface area contributed by atoms with Crippen LogP contribution in [-0.2, 0) is 29.2 Å². The van der Waals surface area contributed by atoms with Crippen LogP contribution in [0.3, 0.4) is 0 Å². The Morgan fingerprint density at radius 3 is 2.67 bits per heavy atom. The number of amides is 2. The summed E-state index contributed by atoms with van der Waals surface area (Å²) in [6.45, 7) is 2.99. The first-order valence-electron chi connectivity index (χ1n) is 12.4. The van der Waals surface area contributed by atoms with Crippen LogP contribution in [0.5, 0.6) is 11.5 Å². The fraction of sp³-hybridized carbons (Fsp3) is 0.407. The molecule has 2 aromatic carbocycles. The highest BCUT2D eigenvalue weighted by Crippen LogP contribution is 2.30. The summed E-state index contributed by atoms with van der Waals surface area (Å²) in [6.07, 6.45) is 4.48. The quantitative estimate of drug-likeness (QED) is 0.435. The molecular weight excluding hydrogens is 458 g/mol. The van der Waals surface area contributed by atoms with E-state index in [1.54, 1.807) is 7.11 Å². The van der Waals surface area contributed by atoms with Gasteiger partial charge in [0, 0.05) is 32.5 Å². The van der Waals surface area contributed by atoms with E-state index in [-0.39, 0.29) is 17.9 Å². The van der Waals surface area contributed by atoms with Crippen LogP contribution in [0.25, 0.3) is 0 Å². The van der Waals surface area contributed by atoms with Crippen LogP contribution in [0.1, 0.15) is 42.1 Å². The van der Waals surface area contributed by atoms with Crippen LogP contribution in [0.15, 0.2) is 54.7 Å². The molecule has 0 bridgehead atoms. The zero-order valence-corrected chi connectivity index (χ0v) is 20.5. The Balaban J connectivity index is 1.10. The molecule has 0 atom stereocenters. The van der Waals surface area contributed by atoms with Gasteiger partial charge in [0.1, 0.15) is 12.3 Å². The van der Waals surface area contributed by atoms with Crippen LogP contribution < -0.4 is 9.47 Å². The summed E-state index contributed by atoms with van der Waals surface area (Å²) in [5.74, 6) is 1.65. The number of nitrogens with zero attached hydrogens (tertiary/aromatic N) is 5. The third-order valence-corrected chi connectivity index (χ3v) is 6.76. The maximum Gasteiger partial charge on any atom is 0.223 e. The number of carbonyl (C=O) groups is 2. The predicted octanol–water partition coefficient (Wildman–Crippen LogP) is 3.00. The van der Waals surface area contributed by atoms with E-state index in [1.165, 1.54) is 0 Å². The smallest absolute Gasteiger partial charge is 0.223 e. The SMILES string of the molecule is COc1ccc(CCC(=O)N2CC(n3cc(CN4CCCC4=O)nn3)C2)cc1OCc1ccccc1. The summed E-state index contributed by atoms with van der Waals surface area (Å²) in [5.41, 5.74) is 2.90. The number of benzene rings is 2. The summed E-state index contributed by atoms with van der Waals surface area (Å²) in [4.78, 5) is 28.2. The molecule has 9 nitrogen and oxygen atoms in total. The number of rotatable bonds is 10. The molecule has 0 spiro atoms. The van der Waals surface area contributed by atoms with Gasteiger partial charge in [-0.25, -0.2) is 4.68 Å². The van der Waals surface area contributed by atoms with Crippen molar-refractivity contribution in [3.63, 3.8) is 0 Å². The second-order valence-corrected chi connectivity index (χ2v) is 9.32. The van der Waals surface area contributed by atoms with Crippen molar-refractivity contribution in [1.82, 2.24) is 24.8 Å². The molecule has 0 N–H and O–H groups in total. The van der Waals surface area contributed by atoms with Crippen molar-refractivity contribution in [2.45, 2.75) is 44.9 Å². The van der Waals surface area contributed by atoms with Gasteiger partial charge in [0.15, 0.2) is 11.5 Å². The van der Waals surface area contributed by atoms with Crippen molar-refractivity contribution in [2.75, 3.05) is 26.7 Å². The highest BCUT2D eigenvalue weighted by Gasteiger charge is 2.32. The lowest BCUT2D eigenvalue weighted by atomic mass is 10.1. The highest BCUT2D eigenvalue weighted by molar-refractivity contribution is 5.78. The Bertz CT molecular complexity index is 1210. The number of hydrogen-bond acceptors (Lipinski definition) is 6. The molecule has 3 aromatic rings. The lowest BCUT2D eigenvalue weighted by Gasteiger charge is -2.39. The first-order valence-corrected chi connectivity index (χ1v) is 12.4. The molecule has 0 unspecified atom stereocenters. The predicted molar refractivity (Wildman–Crippen MR) is 132 cm³/mol. The summed E-state index contributed by atoms with van der Waals surface area (Å²) in [6, 6.07) is 15.9. The normalized spacial score (nSPS) is 15.8. The van der Waals surface area contributed by atoms with Crippen LogP contribution in [0.4, 0.5) is 0 Å². The van der Waals surface area contributed by atoms with E-state index >= 15 is 0 Å². The molecule has 5 rings (SSSR count). The summed E-state index contributed by atoms with van der Waals surface area (Å²) < 4.78 is 13.3. The van der Waals surface area contributed by atoms with Gasteiger partial charge in [-0.3, -0.25) is 9.59 Å². The van der Waals surface area contributed by atoms with E-state index in [0.29, 0.717) is 57.0 Å². The van der Waals surface area contributed by atoms with E-state index in [9.17, 15) is 9.59 Å². The lowest BCUT2D eigenvalue weighted by Crippen LogP contribution is -2.51. The van der Waals surface area contributed by atoms with Gasteiger partial charge in [0.05, 0.1) is 25.9 Å². The number of ether oxygens (including phenoxy) is 2. The van der Waals surface area contributed by atoms with E-state index in [4.69, 9.17) is 9.47 Å². The van der Waals surface area contributed by atoms with E-state index in [0.717, 1.165) is 29.8 Å². The van der Waals surface area contributed by atoms with Crippen LogP contribution >= 0.6 is 0 Å². The lowest BCUT2D eigenvalue weighted by molar-refractivity contribution is -0.137. The topological polar surface area (TPSA) is 89.8 Å². The maximum atomic E-state index is 12.7. The summed E-state index contributed by atoms with van der Waals surface area (Å²) >= 11 is 0. The van der Waals surface area contributed by atoms with Crippen LogP contribution in [0, 0.1) is 0 Å². The highest BCUT2D eigenvalue weighted by atomic mass is 16.5. The second kappa shape index (κ2) is 10.8. The fourth-order valence-corrected chi connectivity index (χ4v) is 4.59. The van der Waals surface area contributed by atoms with Crippen molar-refractivity contribution in [3.05, 3.63) is 71.5 Å². The third-order valence-electron chi connectivity index (χ3n) is 6.76. The Hall–Kier alpha value is -3.88. The Labute approximate surface area is 210 Å². The minimum atomic E-state index is 0.122. The second-order valence-electron chi connectivity index (χ2n) is 9.32. The third kappa shape index (κ3) is 5.50. The molecular formula is C27H31N5O4. The molecule has 0 saturated carbocycles. The van der Waals surface area contributed by atoms with E-state index in [1.807, 2.05) is 69.2 Å². The van der Waals surface area contributed by atoms with Gasteiger partial charge >= 0.3 is 0 Å². The molecule has 188 valence electrons. The minimum absolute atomic E-state index is 0.122. The number of hydrogen-bond donors (Lipinski definition) is 0. The van der Waals surface area contributed by atoms with Gasteiger partial charge < -0.3 is 19.3 Å². The number of aromatic nitrogens is 3. The standard InChI is InChI=1S/C27H31N5O4/c1-35-24-11-9-20(14-25(24)36-19-21-6-3-2-4-7-21)10-12-27(34)31-17-23(18-31)32-16-22(28-29-32)15-30-13-5-8-26(30)33/h2-4,6-7,9,11,14,16,23H,5,8,10,12-13,15,17-19H2,1H3. The summed E-state index contributed by atoms with van der Waals surface area (Å²) in [5, 5.41) is 8.44. The maximum absolute atomic E-state index is 12.7. The Morgan fingerprint density at radius 1 is 1.08 bits per heavy atom. The first-order chi connectivity index (χ1) is 17.6. The van der Waals surface area contributed by atoms with Crippen molar-refractivity contribution in [1.29, 1.82) is 0 Å². The number of carbonyl (C=O) groups excluding carboxylic acids is 2. The van der Waals surface area contributed by atoms with Crippen molar-refractivity contribution >= 4 is 11.8 Å². The average molecular weight is 490 g/mol. The molecule has 9 heteroatoms. The fourth-order valence-electron chi connectivity index (χ4n) is 4.59. The monoisotopic (exact) mass is 489 g/mol. The Morgan fingerprint density at radius 2 is 1.92 bits per heavy atom. The van der Waals surface area contributed by atoms with Crippen molar-refractivity contribution in [2.24, 2.45) is 0 Å². The Kier molecular flexibility index (Phi) is 7.16. The molecule has 2 aliphatic heterocycles. The van der Waals surface area contributed by atoms with Crippen LogP contribution in [0.2, 0.25) is 0 Å².